The Labute approximate surface area is 71.1 Å². The zero-order chi connectivity index (χ0) is 9.56. The maximum absolute atomic E-state index is 10.2. The van der Waals surface area contributed by atoms with Crippen molar-refractivity contribution in [3.63, 3.8) is 0 Å². The van der Waals surface area contributed by atoms with E-state index in [0.29, 0.717) is 6.42 Å². The summed E-state index contributed by atoms with van der Waals surface area (Å²) in [4.78, 5) is 10.2. The molecule has 12 heavy (non-hydrogen) atoms. The van der Waals surface area contributed by atoms with Gasteiger partial charge in [-0.05, 0) is 19.3 Å². The highest BCUT2D eigenvalue weighted by Crippen LogP contribution is 2.07. The molecule has 0 heterocycles. The molecular formula is C8H14O4. The number of carbonyl (C=O) groups is 1. The van der Waals surface area contributed by atoms with Crippen molar-refractivity contribution in [3.05, 3.63) is 12.2 Å². The van der Waals surface area contributed by atoms with Crippen molar-refractivity contribution < 1.29 is 20.1 Å². The first kappa shape index (κ1) is 11.1. The first-order chi connectivity index (χ1) is 5.57. The highest BCUT2D eigenvalue weighted by atomic mass is 16.4. The third-order valence-corrected chi connectivity index (χ3v) is 1.54. The standard InChI is InChI=1S/C8H14O4/c1-6(8(11)12)2-3-7(10)4-5-9/h7,9-10H,1-5H2,(H,11,12). The van der Waals surface area contributed by atoms with E-state index in [1.165, 1.54) is 0 Å². The number of aliphatic hydroxyl groups excluding tert-OH is 2. The second-order valence-corrected chi connectivity index (χ2v) is 2.61. The van der Waals surface area contributed by atoms with Gasteiger partial charge in [0.05, 0.1) is 6.10 Å². The van der Waals surface area contributed by atoms with Crippen LogP contribution in [0.15, 0.2) is 12.2 Å². The lowest BCUT2D eigenvalue weighted by Crippen LogP contribution is -2.10. The minimum Gasteiger partial charge on any atom is -0.478 e. The van der Waals surface area contributed by atoms with Gasteiger partial charge >= 0.3 is 5.97 Å². The number of rotatable bonds is 6. The molecule has 0 saturated heterocycles. The molecule has 0 rings (SSSR count). The monoisotopic (exact) mass is 174 g/mol. The molecular weight excluding hydrogens is 160 g/mol. The third-order valence-electron chi connectivity index (χ3n) is 1.54. The van der Waals surface area contributed by atoms with Gasteiger partial charge < -0.3 is 15.3 Å². The molecule has 0 aromatic rings. The van der Waals surface area contributed by atoms with E-state index in [-0.39, 0.29) is 25.0 Å². The smallest absolute Gasteiger partial charge is 0.330 e. The first-order valence-corrected chi connectivity index (χ1v) is 3.78. The molecule has 0 radical (unpaired) electrons. The predicted octanol–water partition coefficient (Wildman–Crippen LogP) is 0.151. The van der Waals surface area contributed by atoms with Crippen LogP contribution in [0.4, 0.5) is 0 Å². The highest BCUT2D eigenvalue weighted by molar-refractivity contribution is 5.85. The summed E-state index contributed by atoms with van der Waals surface area (Å²) in [5.74, 6) is -1.04. The molecule has 0 bridgehead atoms. The van der Waals surface area contributed by atoms with Crippen LogP contribution in [0.2, 0.25) is 0 Å². The zero-order valence-corrected chi connectivity index (χ0v) is 6.86. The van der Waals surface area contributed by atoms with Crippen molar-refractivity contribution in [2.75, 3.05) is 6.61 Å². The Bertz CT molecular complexity index is 164. The molecule has 70 valence electrons. The fourth-order valence-corrected chi connectivity index (χ4v) is 0.741. The van der Waals surface area contributed by atoms with Crippen LogP contribution in [-0.4, -0.2) is 34.0 Å². The van der Waals surface area contributed by atoms with Gasteiger partial charge in [-0.15, -0.1) is 0 Å². The van der Waals surface area contributed by atoms with Crippen molar-refractivity contribution >= 4 is 5.97 Å². The van der Waals surface area contributed by atoms with E-state index < -0.39 is 12.1 Å². The van der Waals surface area contributed by atoms with Gasteiger partial charge in [-0.25, -0.2) is 4.79 Å². The predicted molar refractivity (Wildman–Crippen MR) is 43.7 cm³/mol. The molecule has 1 unspecified atom stereocenters. The van der Waals surface area contributed by atoms with E-state index in [1.54, 1.807) is 0 Å². The second kappa shape index (κ2) is 5.74. The van der Waals surface area contributed by atoms with Gasteiger partial charge in [0.1, 0.15) is 0 Å². The summed E-state index contributed by atoms with van der Waals surface area (Å²) in [6.07, 6.45) is 0.251. The number of hydrogen-bond acceptors (Lipinski definition) is 3. The molecule has 0 aliphatic carbocycles. The van der Waals surface area contributed by atoms with Crippen LogP contribution in [0, 0.1) is 0 Å². The topological polar surface area (TPSA) is 77.8 Å². The van der Waals surface area contributed by atoms with Gasteiger partial charge in [0.15, 0.2) is 0 Å². The molecule has 0 spiro atoms. The van der Waals surface area contributed by atoms with E-state index in [2.05, 4.69) is 6.58 Å². The first-order valence-electron chi connectivity index (χ1n) is 3.78. The van der Waals surface area contributed by atoms with Crippen LogP contribution >= 0.6 is 0 Å². The molecule has 4 nitrogen and oxygen atoms in total. The largest absolute Gasteiger partial charge is 0.478 e. The maximum Gasteiger partial charge on any atom is 0.330 e. The van der Waals surface area contributed by atoms with Crippen molar-refractivity contribution in [1.82, 2.24) is 0 Å². The summed E-state index contributed by atoms with van der Waals surface area (Å²) in [6, 6.07) is 0. The van der Waals surface area contributed by atoms with Crippen molar-refractivity contribution in [2.24, 2.45) is 0 Å². The zero-order valence-electron chi connectivity index (χ0n) is 6.86. The van der Waals surface area contributed by atoms with E-state index in [0.717, 1.165) is 0 Å². The number of carboxylic acids is 1. The number of aliphatic hydroxyl groups is 2. The summed E-state index contributed by atoms with van der Waals surface area (Å²) in [5, 5.41) is 25.9. The molecule has 0 amide bonds. The quantitative estimate of drug-likeness (QED) is 0.501. The van der Waals surface area contributed by atoms with Crippen LogP contribution in [0.3, 0.4) is 0 Å². The Kier molecular flexibility index (Phi) is 5.32. The summed E-state index contributed by atoms with van der Waals surface area (Å²) in [7, 11) is 0. The summed E-state index contributed by atoms with van der Waals surface area (Å²) < 4.78 is 0. The number of aliphatic carboxylic acids is 1. The van der Waals surface area contributed by atoms with E-state index in [4.69, 9.17) is 15.3 Å². The van der Waals surface area contributed by atoms with E-state index in [9.17, 15) is 4.79 Å². The molecule has 0 saturated carbocycles. The lowest BCUT2D eigenvalue weighted by Gasteiger charge is -2.07. The van der Waals surface area contributed by atoms with Crippen LogP contribution in [0.25, 0.3) is 0 Å². The van der Waals surface area contributed by atoms with Gasteiger partial charge in [-0.1, -0.05) is 6.58 Å². The molecule has 0 aliphatic rings. The molecule has 0 aromatic carbocycles. The van der Waals surface area contributed by atoms with E-state index >= 15 is 0 Å². The molecule has 0 aliphatic heterocycles. The Hall–Kier alpha value is -0.870. The average Bonchev–Trinajstić information content (AvgIpc) is 2.00. The fraction of sp³-hybridized carbons (Fsp3) is 0.625. The van der Waals surface area contributed by atoms with Crippen molar-refractivity contribution in [1.29, 1.82) is 0 Å². The van der Waals surface area contributed by atoms with Gasteiger partial charge in [0.25, 0.3) is 0 Å². The van der Waals surface area contributed by atoms with Gasteiger partial charge in [-0.2, -0.15) is 0 Å². The second-order valence-electron chi connectivity index (χ2n) is 2.61. The van der Waals surface area contributed by atoms with Crippen LogP contribution in [0.5, 0.6) is 0 Å². The minimum atomic E-state index is -1.04. The highest BCUT2D eigenvalue weighted by Gasteiger charge is 2.07. The van der Waals surface area contributed by atoms with Gasteiger partial charge in [0.2, 0.25) is 0 Å². The van der Waals surface area contributed by atoms with E-state index in [1.807, 2.05) is 0 Å². The van der Waals surface area contributed by atoms with Crippen LogP contribution in [-0.2, 0) is 4.79 Å². The summed E-state index contributed by atoms with van der Waals surface area (Å²) >= 11 is 0. The Balaban J connectivity index is 3.54. The molecule has 0 aromatic heterocycles. The van der Waals surface area contributed by atoms with Crippen LogP contribution in [0.1, 0.15) is 19.3 Å². The fourth-order valence-electron chi connectivity index (χ4n) is 0.741. The Morgan fingerprint density at radius 1 is 1.42 bits per heavy atom. The molecule has 3 N–H and O–H groups in total. The lowest BCUT2D eigenvalue weighted by atomic mass is 10.1. The Morgan fingerprint density at radius 3 is 2.42 bits per heavy atom. The van der Waals surface area contributed by atoms with Crippen LogP contribution < -0.4 is 0 Å². The van der Waals surface area contributed by atoms with Gasteiger partial charge in [0, 0.05) is 12.2 Å². The Morgan fingerprint density at radius 2 is 2.00 bits per heavy atom. The number of carboxylic acid groups (broad SMARTS) is 1. The molecule has 1 atom stereocenters. The number of hydrogen-bond donors (Lipinski definition) is 3. The average molecular weight is 174 g/mol. The lowest BCUT2D eigenvalue weighted by molar-refractivity contribution is -0.132. The summed E-state index contributed by atoms with van der Waals surface area (Å²) in [5.41, 5.74) is 0.0898. The third kappa shape index (κ3) is 4.87. The molecule has 4 heteroatoms. The SMILES string of the molecule is C=C(CCC(O)CCO)C(=O)O. The molecule has 0 fully saturated rings. The van der Waals surface area contributed by atoms with Crippen molar-refractivity contribution in [3.8, 4) is 0 Å². The maximum atomic E-state index is 10.2. The summed E-state index contributed by atoms with van der Waals surface area (Å²) in [6.45, 7) is 3.23. The van der Waals surface area contributed by atoms with Gasteiger partial charge in [-0.3, -0.25) is 0 Å². The van der Waals surface area contributed by atoms with Crippen molar-refractivity contribution in [2.45, 2.75) is 25.4 Å². The normalized spacial score (nSPS) is 12.5. The minimum absolute atomic E-state index is 0.0826.